The maximum Gasteiger partial charge on any atom is 0.255 e. The summed E-state index contributed by atoms with van der Waals surface area (Å²) in [6, 6.07) is 13.0. The molecule has 0 radical (unpaired) electrons. The minimum absolute atomic E-state index is 0.151. The van der Waals surface area contributed by atoms with E-state index in [1.54, 1.807) is 24.3 Å². The van der Waals surface area contributed by atoms with Gasteiger partial charge in [0.25, 0.3) is 5.91 Å². The number of halogens is 1. The van der Waals surface area contributed by atoms with Gasteiger partial charge in [0.05, 0.1) is 12.0 Å². The first kappa shape index (κ1) is 17.3. The number of carbonyl (C=O) groups excluding carboxylic acids is 1. The fraction of sp³-hybridized carbons (Fsp3) is 0.278. The number of aryl methyl sites for hydroxylation is 2. The molecule has 0 heterocycles. The SMILES string of the molecule is Cc1cc(C)cc(NC(=O)c2ccc(NCC(O)CCl)cc2)c1. The van der Waals surface area contributed by atoms with Gasteiger partial charge in [0, 0.05) is 23.5 Å². The quantitative estimate of drug-likeness (QED) is 0.709. The largest absolute Gasteiger partial charge is 0.390 e. The first-order chi connectivity index (χ1) is 11.0. The second kappa shape index (κ2) is 7.99. The lowest BCUT2D eigenvalue weighted by molar-refractivity contribution is 0.102. The molecule has 2 aromatic carbocycles. The van der Waals surface area contributed by atoms with Crippen molar-refractivity contribution in [2.75, 3.05) is 23.1 Å². The summed E-state index contributed by atoms with van der Waals surface area (Å²) in [5, 5.41) is 15.4. The maximum absolute atomic E-state index is 12.3. The van der Waals surface area contributed by atoms with Crippen LogP contribution in [0.2, 0.25) is 0 Å². The third kappa shape index (κ3) is 5.27. The molecule has 2 aromatic rings. The molecule has 122 valence electrons. The van der Waals surface area contributed by atoms with Gasteiger partial charge >= 0.3 is 0 Å². The fourth-order valence-corrected chi connectivity index (χ4v) is 2.39. The summed E-state index contributed by atoms with van der Waals surface area (Å²) < 4.78 is 0. The number of hydrogen-bond acceptors (Lipinski definition) is 3. The van der Waals surface area contributed by atoms with Gasteiger partial charge < -0.3 is 15.7 Å². The number of hydrogen-bond donors (Lipinski definition) is 3. The van der Waals surface area contributed by atoms with E-state index in [-0.39, 0.29) is 11.8 Å². The van der Waals surface area contributed by atoms with Gasteiger partial charge in [0.2, 0.25) is 0 Å². The van der Waals surface area contributed by atoms with E-state index in [9.17, 15) is 9.90 Å². The number of carbonyl (C=O) groups is 1. The molecule has 5 heteroatoms. The zero-order chi connectivity index (χ0) is 16.8. The number of amides is 1. The Hall–Kier alpha value is -2.04. The maximum atomic E-state index is 12.3. The van der Waals surface area contributed by atoms with Crippen molar-refractivity contribution in [2.45, 2.75) is 20.0 Å². The van der Waals surface area contributed by atoms with E-state index in [0.717, 1.165) is 22.5 Å². The van der Waals surface area contributed by atoms with Crippen LogP contribution in [-0.2, 0) is 0 Å². The lowest BCUT2D eigenvalue weighted by Gasteiger charge is -2.11. The predicted molar refractivity (Wildman–Crippen MR) is 95.5 cm³/mol. The second-order valence-electron chi connectivity index (χ2n) is 5.60. The number of aliphatic hydroxyl groups excluding tert-OH is 1. The first-order valence-electron chi connectivity index (χ1n) is 7.45. The third-order valence-electron chi connectivity index (χ3n) is 3.35. The Balaban J connectivity index is 1.99. The average molecular weight is 333 g/mol. The van der Waals surface area contributed by atoms with Gasteiger partial charge in [-0.15, -0.1) is 11.6 Å². The third-order valence-corrected chi connectivity index (χ3v) is 3.70. The number of benzene rings is 2. The summed E-state index contributed by atoms with van der Waals surface area (Å²) in [4.78, 5) is 12.3. The summed E-state index contributed by atoms with van der Waals surface area (Å²) in [5.41, 5.74) is 4.42. The zero-order valence-electron chi connectivity index (χ0n) is 13.3. The Labute approximate surface area is 141 Å². The molecule has 0 bridgehead atoms. The molecule has 1 atom stereocenters. The van der Waals surface area contributed by atoms with Crippen LogP contribution in [0.25, 0.3) is 0 Å². The molecule has 0 aliphatic heterocycles. The molecule has 0 aliphatic rings. The first-order valence-corrected chi connectivity index (χ1v) is 7.99. The van der Waals surface area contributed by atoms with Gasteiger partial charge in [-0.3, -0.25) is 4.79 Å². The fourth-order valence-electron chi connectivity index (χ4n) is 2.28. The molecule has 3 N–H and O–H groups in total. The molecule has 1 unspecified atom stereocenters. The number of alkyl halides is 1. The van der Waals surface area contributed by atoms with Crippen LogP contribution >= 0.6 is 11.6 Å². The normalized spacial score (nSPS) is 11.8. The molecule has 0 aromatic heterocycles. The van der Waals surface area contributed by atoms with E-state index in [4.69, 9.17) is 11.6 Å². The van der Waals surface area contributed by atoms with Crippen molar-refractivity contribution in [3.63, 3.8) is 0 Å². The molecule has 4 nitrogen and oxygen atoms in total. The molecular formula is C18H21ClN2O2. The Morgan fingerprint density at radius 2 is 1.70 bits per heavy atom. The molecule has 0 spiro atoms. The van der Waals surface area contributed by atoms with Crippen LogP contribution in [0, 0.1) is 13.8 Å². The number of anilines is 2. The van der Waals surface area contributed by atoms with Crippen molar-refractivity contribution >= 4 is 28.9 Å². The van der Waals surface area contributed by atoms with Crippen LogP contribution in [0.5, 0.6) is 0 Å². The lowest BCUT2D eigenvalue weighted by Crippen LogP contribution is -2.20. The van der Waals surface area contributed by atoms with Gasteiger partial charge in [0.1, 0.15) is 0 Å². The second-order valence-corrected chi connectivity index (χ2v) is 5.91. The van der Waals surface area contributed by atoms with Crippen molar-refractivity contribution in [1.82, 2.24) is 0 Å². The smallest absolute Gasteiger partial charge is 0.255 e. The van der Waals surface area contributed by atoms with Gasteiger partial charge in [0.15, 0.2) is 0 Å². The minimum atomic E-state index is -0.593. The highest BCUT2D eigenvalue weighted by Crippen LogP contribution is 2.16. The Bertz CT molecular complexity index is 651. The molecule has 0 fully saturated rings. The molecule has 1 amide bonds. The summed E-state index contributed by atoms with van der Waals surface area (Å²) in [6.07, 6.45) is -0.593. The van der Waals surface area contributed by atoms with Gasteiger partial charge in [-0.25, -0.2) is 0 Å². The van der Waals surface area contributed by atoms with E-state index < -0.39 is 6.10 Å². The van der Waals surface area contributed by atoms with Crippen molar-refractivity contribution in [2.24, 2.45) is 0 Å². The van der Waals surface area contributed by atoms with E-state index in [2.05, 4.69) is 16.7 Å². The highest BCUT2D eigenvalue weighted by Gasteiger charge is 2.07. The molecule has 0 aliphatic carbocycles. The van der Waals surface area contributed by atoms with Crippen LogP contribution in [0.4, 0.5) is 11.4 Å². The van der Waals surface area contributed by atoms with Crippen LogP contribution in [0.15, 0.2) is 42.5 Å². The van der Waals surface area contributed by atoms with E-state index in [1.165, 1.54) is 0 Å². The van der Waals surface area contributed by atoms with Crippen LogP contribution in [-0.4, -0.2) is 29.5 Å². The molecular weight excluding hydrogens is 312 g/mol. The van der Waals surface area contributed by atoms with Crippen LogP contribution in [0.1, 0.15) is 21.5 Å². The Kier molecular flexibility index (Phi) is 6.02. The molecule has 0 saturated heterocycles. The number of nitrogens with one attached hydrogen (secondary N) is 2. The molecule has 0 saturated carbocycles. The number of rotatable bonds is 6. The summed E-state index contributed by atoms with van der Waals surface area (Å²) in [5.74, 6) is 0.0333. The zero-order valence-corrected chi connectivity index (χ0v) is 14.0. The van der Waals surface area contributed by atoms with Crippen molar-refractivity contribution in [1.29, 1.82) is 0 Å². The predicted octanol–water partition coefficient (Wildman–Crippen LogP) is 3.57. The molecule has 2 rings (SSSR count). The Morgan fingerprint density at radius 1 is 1.09 bits per heavy atom. The van der Waals surface area contributed by atoms with Crippen molar-refractivity contribution < 1.29 is 9.90 Å². The average Bonchev–Trinajstić information content (AvgIpc) is 2.52. The van der Waals surface area contributed by atoms with E-state index in [1.807, 2.05) is 26.0 Å². The summed E-state index contributed by atoms with van der Waals surface area (Å²) >= 11 is 5.54. The van der Waals surface area contributed by atoms with Gasteiger partial charge in [-0.05, 0) is 61.4 Å². The minimum Gasteiger partial charge on any atom is -0.390 e. The van der Waals surface area contributed by atoms with E-state index >= 15 is 0 Å². The molecule has 23 heavy (non-hydrogen) atoms. The topological polar surface area (TPSA) is 61.4 Å². The highest BCUT2D eigenvalue weighted by atomic mass is 35.5. The van der Waals surface area contributed by atoms with Gasteiger partial charge in [-0.2, -0.15) is 0 Å². The summed E-state index contributed by atoms with van der Waals surface area (Å²) in [7, 11) is 0. The summed E-state index contributed by atoms with van der Waals surface area (Å²) in [6.45, 7) is 4.37. The highest BCUT2D eigenvalue weighted by molar-refractivity contribution is 6.18. The standard InChI is InChI=1S/C18H21ClN2O2/c1-12-7-13(2)9-16(8-12)21-18(23)14-3-5-15(6-4-14)20-11-17(22)10-19/h3-9,17,20,22H,10-11H2,1-2H3,(H,21,23). The van der Waals surface area contributed by atoms with Crippen molar-refractivity contribution in [3.8, 4) is 0 Å². The monoisotopic (exact) mass is 332 g/mol. The van der Waals surface area contributed by atoms with E-state index in [0.29, 0.717) is 12.1 Å². The number of aliphatic hydroxyl groups is 1. The van der Waals surface area contributed by atoms with Gasteiger partial charge in [-0.1, -0.05) is 6.07 Å². The van der Waals surface area contributed by atoms with Crippen molar-refractivity contribution in [3.05, 3.63) is 59.2 Å². The Morgan fingerprint density at radius 3 is 2.26 bits per heavy atom. The van der Waals surface area contributed by atoms with Crippen LogP contribution < -0.4 is 10.6 Å². The van der Waals surface area contributed by atoms with Crippen LogP contribution in [0.3, 0.4) is 0 Å². The lowest BCUT2D eigenvalue weighted by atomic mass is 10.1.